The van der Waals surface area contributed by atoms with Gasteiger partial charge in [-0.2, -0.15) is 0 Å². The normalized spacial score (nSPS) is 10.5. The fraction of sp³-hybridized carbons (Fsp3) is 0.0625. The Labute approximate surface area is 130 Å². The first kappa shape index (κ1) is 14.8. The Kier molecular flexibility index (Phi) is 4.09. The quantitative estimate of drug-likeness (QED) is 0.803. The van der Waals surface area contributed by atoms with E-state index < -0.39 is 17.5 Å². The molecule has 1 N–H and O–H groups in total. The predicted octanol–water partition coefficient (Wildman–Crippen LogP) is 3.19. The van der Waals surface area contributed by atoms with Gasteiger partial charge in [-0.1, -0.05) is 35.4 Å². The first-order valence-electron chi connectivity index (χ1n) is 6.74. The minimum atomic E-state index is -0.966. The molecule has 0 aliphatic heterocycles. The highest BCUT2D eigenvalue weighted by Crippen LogP contribution is 2.14. The number of hydrogen-bond acceptors (Lipinski definition) is 4. The molecule has 23 heavy (non-hydrogen) atoms. The highest BCUT2D eigenvalue weighted by molar-refractivity contribution is 6.03. The number of halogens is 2. The van der Waals surface area contributed by atoms with Crippen molar-refractivity contribution in [2.45, 2.75) is 6.42 Å². The van der Waals surface area contributed by atoms with Crippen LogP contribution in [0.15, 0.2) is 52.9 Å². The molecule has 1 heterocycles. The van der Waals surface area contributed by atoms with Gasteiger partial charge >= 0.3 is 6.01 Å². The van der Waals surface area contributed by atoms with Crippen molar-refractivity contribution in [2.24, 2.45) is 0 Å². The predicted molar refractivity (Wildman–Crippen MR) is 77.9 cm³/mol. The Morgan fingerprint density at radius 2 is 1.87 bits per heavy atom. The van der Waals surface area contributed by atoms with Crippen molar-refractivity contribution < 1.29 is 18.0 Å². The lowest BCUT2D eigenvalue weighted by Crippen LogP contribution is -2.14. The SMILES string of the molecule is O=C(Nc1nnc(Cc2ccccc2)o1)c1ccc(F)cc1F. The molecule has 3 aromatic rings. The lowest BCUT2D eigenvalue weighted by Gasteiger charge is -2.02. The molecular weight excluding hydrogens is 304 g/mol. The van der Waals surface area contributed by atoms with Crippen LogP contribution in [0, 0.1) is 11.6 Å². The molecule has 0 spiro atoms. The maximum atomic E-state index is 13.5. The van der Waals surface area contributed by atoms with Gasteiger partial charge in [0.15, 0.2) is 0 Å². The molecule has 7 heteroatoms. The summed E-state index contributed by atoms with van der Waals surface area (Å²) in [5, 5.41) is 9.77. The van der Waals surface area contributed by atoms with Crippen LogP contribution < -0.4 is 5.32 Å². The number of rotatable bonds is 4. The van der Waals surface area contributed by atoms with E-state index >= 15 is 0 Å². The van der Waals surface area contributed by atoms with E-state index in [1.807, 2.05) is 30.3 Å². The lowest BCUT2D eigenvalue weighted by atomic mass is 10.2. The number of nitrogens with zero attached hydrogens (tertiary/aromatic N) is 2. The molecule has 0 radical (unpaired) electrons. The van der Waals surface area contributed by atoms with Gasteiger partial charge in [0.2, 0.25) is 5.89 Å². The summed E-state index contributed by atoms with van der Waals surface area (Å²) in [4.78, 5) is 11.9. The molecule has 0 aliphatic carbocycles. The van der Waals surface area contributed by atoms with Gasteiger partial charge in [-0.05, 0) is 17.7 Å². The standard InChI is InChI=1S/C16H11F2N3O2/c17-11-6-7-12(13(18)9-11)15(22)19-16-21-20-14(23-16)8-10-4-2-1-3-5-10/h1-7,9H,8H2,(H,19,21,22). The molecule has 1 aromatic heterocycles. The van der Waals surface area contributed by atoms with Gasteiger partial charge in [-0.3, -0.25) is 10.1 Å². The highest BCUT2D eigenvalue weighted by Gasteiger charge is 2.16. The maximum absolute atomic E-state index is 13.5. The third-order valence-corrected chi connectivity index (χ3v) is 3.06. The summed E-state index contributed by atoms with van der Waals surface area (Å²) in [5.41, 5.74) is 0.660. The Morgan fingerprint density at radius 3 is 2.61 bits per heavy atom. The van der Waals surface area contributed by atoms with Gasteiger partial charge in [0.25, 0.3) is 5.91 Å². The molecule has 0 bridgehead atoms. The average Bonchev–Trinajstić information content (AvgIpc) is 2.95. The van der Waals surface area contributed by atoms with E-state index in [-0.39, 0.29) is 11.6 Å². The van der Waals surface area contributed by atoms with Crippen LogP contribution in [0.3, 0.4) is 0 Å². The second-order valence-electron chi connectivity index (χ2n) is 4.74. The summed E-state index contributed by atoms with van der Waals surface area (Å²) in [6.07, 6.45) is 0.411. The van der Waals surface area contributed by atoms with Gasteiger partial charge in [0.05, 0.1) is 12.0 Å². The van der Waals surface area contributed by atoms with Crippen molar-refractivity contribution in [1.82, 2.24) is 10.2 Å². The van der Waals surface area contributed by atoms with Gasteiger partial charge in [0.1, 0.15) is 11.6 Å². The lowest BCUT2D eigenvalue weighted by molar-refractivity contribution is 0.102. The topological polar surface area (TPSA) is 68.0 Å². The number of carbonyl (C=O) groups excluding carboxylic acids is 1. The minimum absolute atomic E-state index is 0.148. The van der Waals surface area contributed by atoms with E-state index in [4.69, 9.17) is 4.42 Å². The van der Waals surface area contributed by atoms with Crippen molar-refractivity contribution in [3.63, 3.8) is 0 Å². The fourth-order valence-electron chi connectivity index (χ4n) is 1.98. The summed E-state index contributed by atoms with van der Waals surface area (Å²) in [7, 11) is 0. The van der Waals surface area contributed by atoms with Gasteiger partial charge in [-0.15, -0.1) is 5.10 Å². The van der Waals surface area contributed by atoms with Crippen LogP contribution in [0.2, 0.25) is 0 Å². The summed E-state index contributed by atoms with van der Waals surface area (Å²) < 4.78 is 31.7. The zero-order valence-electron chi connectivity index (χ0n) is 11.8. The number of hydrogen-bond donors (Lipinski definition) is 1. The van der Waals surface area contributed by atoms with Crippen molar-refractivity contribution in [3.05, 3.63) is 77.2 Å². The van der Waals surface area contributed by atoms with Crippen LogP contribution >= 0.6 is 0 Å². The molecule has 1 amide bonds. The van der Waals surface area contributed by atoms with E-state index in [0.717, 1.165) is 17.7 Å². The molecule has 116 valence electrons. The number of amides is 1. The molecule has 2 aromatic carbocycles. The largest absolute Gasteiger partial charge is 0.407 e. The molecular formula is C16H11F2N3O2. The van der Waals surface area contributed by atoms with E-state index in [0.29, 0.717) is 18.4 Å². The Hall–Kier alpha value is -3.09. The second kappa shape index (κ2) is 6.35. The smallest absolute Gasteiger partial charge is 0.322 e. The van der Waals surface area contributed by atoms with Gasteiger partial charge in [0, 0.05) is 6.07 Å². The molecule has 0 fully saturated rings. The fourth-order valence-corrected chi connectivity index (χ4v) is 1.98. The Balaban J connectivity index is 1.70. The summed E-state index contributed by atoms with van der Waals surface area (Å²) in [6.45, 7) is 0. The molecule has 0 unspecified atom stereocenters. The second-order valence-corrected chi connectivity index (χ2v) is 4.74. The van der Waals surface area contributed by atoms with Gasteiger partial charge in [-0.25, -0.2) is 8.78 Å². The third kappa shape index (κ3) is 3.57. The molecule has 0 saturated heterocycles. The Morgan fingerprint density at radius 1 is 1.09 bits per heavy atom. The van der Waals surface area contributed by atoms with E-state index in [9.17, 15) is 13.6 Å². The number of benzene rings is 2. The highest BCUT2D eigenvalue weighted by atomic mass is 19.1. The summed E-state index contributed by atoms with van der Waals surface area (Å²) in [5.74, 6) is -2.21. The first-order chi connectivity index (χ1) is 11.1. The van der Waals surface area contributed by atoms with Crippen molar-refractivity contribution in [2.75, 3.05) is 5.32 Å². The summed E-state index contributed by atoms with van der Waals surface area (Å²) >= 11 is 0. The van der Waals surface area contributed by atoms with Crippen molar-refractivity contribution in [1.29, 1.82) is 0 Å². The van der Waals surface area contributed by atoms with Gasteiger partial charge < -0.3 is 4.42 Å². The first-order valence-corrected chi connectivity index (χ1v) is 6.74. The molecule has 3 rings (SSSR count). The number of nitrogens with one attached hydrogen (secondary N) is 1. The van der Waals surface area contributed by atoms with E-state index in [1.165, 1.54) is 0 Å². The third-order valence-electron chi connectivity index (χ3n) is 3.06. The van der Waals surface area contributed by atoms with Crippen molar-refractivity contribution >= 4 is 11.9 Å². The monoisotopic (exact) mass is 315 g/mol. The zero-order chi connectivity index (χ0) is 16.2. The average molecular weight is 315 g/mol. The minimum Gasteiger partial charge on any atom is -0.407 e. The Bertz CT molecular complexity index is 834. The van der Waals surface area contributed by atoms with Crippen LogP contribution in [0.25, 0.3) is 0 Å². The molecule has 0 saturated carbocycles. The zero-order valence-corrected chi connectivity index (χ0v) is 11.8. The molecule has 5 nitrogen and oxygen atoms in total. The van der Waals surface area contributed by atoms with E-state index in [2.05, 4.69) is 15.5 Å². The number of aromatic nitrogens is 2. The van der Waals surface area contributed by atoms with Crippen LogP contribution in [0.4, 0.5) is 14.8 Å². The maximum Gasteiger partial charge on any atom is 0.322 e. The van der Waals surface area contributed by atoms with Crippen LogP contribution in [-0.2, 0) is 6.42 Å². The van der Waals surface area contributed by atoms with E-state index in [1.54, 1.807) is 0 Å². The molecule has 0 atom stereocenters. The van der Waals surface area contributed by atoms with Crippen LogP contribution in [0.1, 0.15) is 21.8 Å². The number of carbonyl (C=O) groups is 1. The van der Waals surface area contributed by atoms with Crippen LogP contribution in [0.5, 0.6) is 0 Å². The number of anilines is 1. The van der Waals surface area contributed by atoms with Crippen LogP contribution in [-0.4, -0.2) is 16.1 Å². The molecule has 0 aliphatic rings. The summed E-state index contributed by atoms with van der Waals surface area (Å²) in [6, 6.07) is 12.0. The van der Waals surface area contributed by atoms with Crippen molar-refractivity contribution in [3.8, 4) is 0 Å².